The molecule has 0 spiro atoms. The van der Waals surface area contributed by atoms with Crippen molar-refractivity contribution in [3.63, 3.8) is 0 Å². The normalized spacial score (nSPS) is 27.4. The second-order valence-electron chi connectivity index (χ2n) is 7.95. The van der Waals surface area contributed by atoms with E-state index in [-0.39, 0.29) is 29.2 Å². The van der Waals surface area contributed by atoms with E-state index in [1.807, 2.05) is 6.07 Å². The van der Waals surface area contributed by atoms with E-state index in [0.29, 0.717) is 18.7 Å². The van der Waals surface area contributed by atoms with Gasteiger partial charge in [0.15, 0.2) is 0 Å². The molecule has 1 aromatic carbocycles. The minimum Gasteiger partial charge on any atom is -0.385 e. The van der Waals surface area contributed by atoms with Gasteiger partial charge >= 0.3 is 0 Å². The highest BCUT2D eigenvalue weighted by Gasteiger charge is 2.52. The first-order valence-electron chi connectivity index (χ1n) is 9.81. The smallest absolute Gasteiger partial charge is 0.243 e. The SMILES string of the molecule is CC(=O)Nc1ccc(S(=O)(=O)N2CC3CCCC(O)(c4cccnc4)C3C2)cc1. The zero-order valence-corrected chi connectivity index (χ0v) is 17.1. The van der Waals surface area contributed by atoms with E-state index >= 15 is 0 Å². The number of rotatable bonds is 4. The molecule has 1 saturated carbocycles. The average molecular weight is 416 g/mol. The quantitative estimate of drug-likeness (QED) is 0.799. The van der Waals surface area contributed by atoms with Gasteiger partial charge in [-0.15, -0.1) is 0 Å². The standard InChI is InChI=1S/C21H25N3O4S/c1-15(25)23-18-6-8-19(9-7-18)29(27,28)24-13-16-4-2-10-21(26,20(16)14-24)17-5-3-11-22-12-17/h3,5-9,11-12,16,20,26H,2,4,10,13-14H2,1H3,(H,23,25). The lowest BCUT2D eigenvalue weighted by Crippen LogP contribution is -2.43. The molecule has 2 aliphatic rings. The molecule has 3 unspecified atom stereocenters. The molecule has 2 aromatic rings. The van der Waals surface area contributed by atoms with Gasteiger partial charge in [0.1, 0.15) is 0 Å². The lowest BCUT2D eigenvalue weighted by Gasteiger charge is -2.41. The van der Waals surface area contributed by atoms with Crippen LogP contribution in [0.25, 0.3) is 0 Å². The molecule has 0 radical (unpaired) electrons. The Bertz CT molecular complexity index is 994. The summed E-state index contributed by atoms with van der Waals surface area (Å²) in [6, 6.07) is 9.86. The van der Waals surface area contributed by atoms with Gasteiger partial charge in [-0.3, -0.25) is 9.78 Å². The molecule has 2 heterocycles. The fraction of sp³-hybridized carbons (Fsp3) is 0.429. The summed E-state index contributed by atoms with van der Waals surface area (Å²) in [5.41, 5.74) is 0.252. The number of anilines is 1. The van der Waals surface area contributed by atoms with Crippen LogP contribution in [0.1, 0.15) is 31.7 Å². The van der Waals surface area contributed by atoms with E-state index in [0.717, 1.165) is 18.4 Å². The molecule has 1 saturated heterocycles. The fourth-order valence-corrected chi connectivity index (χ4v) is 6.24. The van der Waals surface area contributed by atoms with Gasteiger partial charge in [0, 0.05) is 49.6 Å². The number of fused-ring (bicyclic) bond motifs is 1. The van der Waals surface area contributed by atoms with Crippen LogP contribution in [-0.4, -0.2) is 41.8 Å². The zero-order chi connectivity index (χ0) is 20.6. The molecule has 2 N–H and O–H groups in total. The number of pyridine rings is 1. The molecule has 0 bridgehead atoms. The summed E-state index contributed by atoms with van der Waals surface area (Å²) in [7, 11) is -3.68. The van der Waals surface area contributed by atoms with Gasteiger partial charge in [-0.05, 0) is 55.5 Å². The summed E-state index contributed by atoms with van der Waals surface area (Å²) in [5.74, 6) is -0.254. The van der Waals surface area contributed by atoms with Crippen molar-refractivity contribution in [2.75, 3.05) is 18.4 Å². The number of amides is 1. The Morgan fingerprint density at radius 1 is 1.24 bits per heavy atom. The molecular formula is C21H25N3O4S. The third kappa shape index (κ3) is 3.68. The van der Waals surface area contributed by atoms with Crippen molar-refractivity contribution in [1.82, 2.24) is 9.29 Å². The number of carbonyl (C=O) groups excluding carboxylic acids is 1. The Labute approximate surface area is 170 Å². The van der Waals surface area contributed by atoms with Gasteiger partial charge in [0.25, 0.3) is 0 Å². The Morgan fingerprint density at radius 3 is 2.66 bits per heavy atom. The topological polar surface area (TPSA) is 99.6 Å². The summed E-state index contributed by atoms with van der Waals surface area (Å²) in [4.78, 5) is 15.5. The first kappa shape index (κ1) is 20.0. The molecular weight excluding hydrogens is 390 g/mol. The molecule has 1 aromatic heterocycles. The number of carbonyl (C=O) groups is 1. The lowest BCUT2D eigenvalue weighted by atomic mass is 9.68. The second kappa shape index (κ2) is 7.51. The fourth-order valence-electron chi connectivity index (χ4n) is 4.72. The van der Waals surface area contributed by atoms with E-state index in [1.165, 1.54) is 23.4 Å². The highest BCUT2D eigenvalue weighted by Crippen LogP contribution is 2.48. The number of sulfonamides is 1. The minimum atomic E-state index is -3.68. The van der Waals surface area contributed by atoms with Gasteiger partial charge in [-0.2, -0.15) is 4.31 Å². The summed E-state index contributed by atoms with van der Waals surface area (Å²) in [6.07, 6.45) is 5.72. The maximum absolute atomic E-state index is 13.2. The van der Waals surface area contributed by atoms with Gasteiger partial charge in [-0.1, -0.05) is 6.07 Å². The molecule has 2 fully saturated rings. The zero-order valence-electron chi connectivity index (χ0n) is 16.3. The van der Waals surface area contributed by atoms with Crippen LogP contribution >= 0.6 is 0 Å². The van der Waals surface area contributed by atoms with E-state index in [9.17, 15) is 18.3 Å². The van der Waals surface area contributed by atoms with Crippen LogP contribution in [0.15, 0.2) is 53.7 Å². The number of nitrogens with zero attached hydrogens (tertiary/aromatic N) is 2. The maximum atomic E-state index is 13.2. The number of aliphatic hydroxyl groups is 1. The Balaban J connectivity index is 1.58. The maximum Gasteiger partial charge on any atom is 0.243 e. The molecule has 8 heteroatoms. The number of benzene rings is 1. The van der Waals surface area contributed by atoms with Crippen LogP contribution in [-0.2, 0) is 20.4 Å². The largest absolute Gasteiger partial charge is 0.385 e. The predicted molar refractivity (Wildman–Crippen MR) is 108 cm³/mol. The van der Waals surface area contributed by atoms with E-state index in [4.69, 9.17) is 0 Å². The van der Waals surface area contributed by atoms with Gasteiger partial charge < -0.3 is 10.4 Å². The summed E-state index contributed by atoms with van der Waals surface area (Å²) in [5, 5.41) is 14.1. The van der Waals surface area contributed by atoms with Crippen molar-refractivity contribution in [1.29, 1.82) is 0 Å². The van der Waals surface area contributed by atoms with Crippen LogP contribution in [0.4, 0.5) is 5.69 Å². The van der Waals surface area contributed by atoms with Gasteiger partial charge in [-0.25, -0.2) is 8.42 Å². The lowest BCUT2D eigenvalue weighted by molar-refractivity contribution is -0.114. The monoisotopic (exact) mass is 415 g/mol. The number of nitrogens with one attached hydrogen (secondary N) is 1. The highest BCUT2D eigenvalue weighted by atomic mass is 32.2. The number of hydrogen-bond donors (Lipinski definition) is 2. The van der Waals surface area contributed by atoms with Crippen LogP contribution in [0, 0.1) is 11.8 Å². The average Bonchev–Trinajstić information content (AvgIpc) is 3.16. The number of hydrogen-bond acceptors (Lipinski definition) is 5. The Kier molecular flexibility index (Phi) is 5.18. The van der Waals surface area contributed by atoms with Crippen LogP contribution < -0.4 is 5.32 Å². The molecule has 3 atom stereocenters. The molecule has 7 nitrogen and oxygen atoms in total. The molecule has 4 rings (SSSR count). The van der Waals surface area contributed by atoms with E-state index in [1.54, 1.807) is 30.6 Å². The molecule has 154 valence electrons. The van der Waals surface area contributed by atoms with Crippen LogP contribution in [0.3, 0.4) is 0 Å². The van der Waals surface area contributed by atoms with Crippen LogP contribution in [0.5, 0.6) is 0 Å². The molecule has 29 heavy (non-hydrogen) atoms. The highest BCUT2D eigenvalue weighted by molar-refractivity contribution is 7.89. The van der Waals surface area contributed by atoms with Gasteiger partial charge in [0.2, 0.25) is 15.9 Å². The van der Waals surface area contributed by atoms with Crippen molar-refractivity contribution < 1.29 is 18.3 Å². The summed E-state index contributed by atoms with van der Waals surface area (Å²) in [6.45, 7) is 2.09. The van der Waals surface area contributed by atoms with Crippen molar-refractivity contribution in [2.45, 2.75) is 36.7 Å². The van der Waals surface area contributed by atoms with E-state index in [2.05, 4.69) is 10.3 Å². The van der Waals surface area contributed by atoms with Crippen molar-refractivity contribution >= 4 is 21.6 Å². The predicted octanol–water partition coefficient (Wildman–Crippen LogP) is 2.35. The molecule has 1 aliphatic carbocycles. The Morgan fingerprint density at radius 2 is 2.00 bits per heavy atom. The van der Waals surface area contributed by atoms with Crippen LogP contribution in [0.2, 0.25) is 0 Å². The third-order valence-corrected chi connectivity index (χ3v) is 7.97. The summed E-state index contributed by atoms with van der Waals surface area (Å²) >= 11 is 0. The minimum absolute atomic E-state index is 0.113. The van der Waals surface area contributed by atoms with Crippen molar-refractivity contribution in [2.24, 2.45) is 11.8 Å². The van der Waals surface area contributed by atoms with Crippen molar-refractivity contribution in [3.05, 3.63) is 54.4 Å². The van der Waals surface area contributed by atoms with Gasteiger partial charge in [0.05, 0.1) is 10.5 Å². The van der Waals surface area contributed by atoms with E-state index < -0.39 is 15.6 Å². The molecule has 1 aliphatic heterocycles. The number of aromatic nitrogens is 1. The van der Waals surface area contributed by atoms with Crippen molar-refractivity contribution in [3.8, 4) is 0 Å². The molecule has 1 amide bonds. The second-order valence-corrected chi connectivity index (χ2v) is 9.89. The first-order valence-corrected chi connectivity index (χ1v) is 11.3. The Hall–Kier alpha value is -2.29. The first-order chi connectivity index (χ1) is 13.8. The summed E-state index contributed by atoms with van der Waals surface area (Å²) < 4.78 is 27.9. The third-order valence-electron chi connectivity index (χ3n) is 6.13.